The van der Waals surface area contributed by atoms with Crippen LogP contribution in [0, 0.1) is 0 Å². The standard InChI is InChI=1S/C16H21N3O5/c1-4-23-15(20)13(16(21)24-5-2)14(17)19-18-10-11-6-8-12(22-3)9-7-11/h6-10,20H,4-5H2,1-3H3,(H2,17,19)/b15-13+,18-10+. The third-order valence-corrected chi connectivity index (χ3v) is 2.72. The van der Waals surface area contributed by atoms with Gasteiger partial charge >= 0.3 is 5.97 Å². The summed E-state index contributed by atoms with van der Waals surface area (Å²) in [6, 6.07) is 7.07. The summed E-state index contributed by atoms with van der Waals surface area (Å²) in [6.45, 7) is 3.54. The van der Waals surface area contributed by atoms with Gasteiger partial charge in [-0.1, -0.05) is 0 Å². The minimum Gasteiger partial charge on any atom is -0.497 e. The minimum atomic E-state index is -0.843. The van der Waals surface area contributed by atoms with Crippen LogP contribution in [0.3, 0.4) is 0 Å². The predicted octanol–water partition coefficient (Wildman–Crippen LogP) is 1.76. The molecule has 0 aliphatic carbocycles. The molecule has 24 heavy (non-hydrogen) atoms. The topological polar surface area (TPSA) is 116 Å². The molecule has 1 aromatic carbocycles. The Labute approximate surface area is 140 Å². The number of amidine groups is 1. The van der Waals surface area contributed by atoms with Gasteiger partial charge in [0.2, 0.25) is 0 Å². The number of hydrogen-bond acceptors (Lipinski definition) is 7. The van der Waals surface area contributed by atoms with Gasteiger partial charge in [-0.2, -0.15) is 5.10 Å². The molecule has 0 unspecified atom stereocenters. The predicted molar refractivity (Wildman–Crippen MR) is 90.1 cm³/mol. The normalized spacial score (nSPS) is 12.7. The van der Waals surface area contributed by atoms with Crippen molar-refractivity contribution in [2.24, 2.45) is 15.9 Å². The highest BCUT2D eigenvalue weighted by Crippen LogP contribution is 2.10. The van der Waals surface area contributed by atoms with Crippen molar-refractivity contribution in [3.63, 3.8) is 0 Å². The van der Waals surface area contributed by atoms with Crippen molar-refractivity contribution in [2.45, 2.75) is 13.8 Å². The van der Waals surface area contributed by atoms with Crippen LogP contribution in [0.25, 0.3) is 0 Å². The molecule has 130 valence electrons. The zero-order valence-corrected chi connectivity index (χ0v) is 13.9. The van der Waals surface area contributed by atoms with Gasteiger partial charge < -0.3 is 25.1 Å². The maximum Gasteiger partial charge on any atom is 0.349 e. The number of methoxy groups -OCH3 is 1. The van der Waals surface area contributed by atoms with Gasteiger partial charge in [0.15, 0.2) is 11.4 Å². The Kier molecular flexibility index (Phi) is 7.83. The third kappa shape index (κ3) is 5.64. The van der Waals surface area contributed by atoms with Gasteiger partial charge in [-0.15, -0.1) is 5.10 Å². The molecule has 0 saturated carbocycles. The number of esters is 1. The second kappa shape index (κ2) is 9.88. The first-order valence-electron chi connectivity index (χ1n) is 7.27. The molecule has 0 fully saturated rings. The SMILES string of the molecule is CCOC(=O)C(/C(N)=N/N=C/c1ccc(OC)cc1)=C(\O)OCC. The van der Waals surface area contributed by atoms with Crippen LogP contribution in [-0.4, -0.2) is 43.4 Å². The first-order chi connectivity index (χ1) is 11.5. The molecule has 1 rings (SSSR count). The molecule has 3 N–H and O–H groups in total. The third-order valence-electron chi connectivity index (χ3n) is 2.72. The Morgan fingerprint density at radius 1 is 1.21 bits per heavy atom. The maximum absolute atomic E-state index is 11.9. The molecule has 0 aromatic heterocycles. The van der Waals surface area contributed by atoms with Crippen LogP contribution in [-0.2, 0) is 14.3 Å². The Hall–Kier alpha value is -3.03. The lowest BCUT2D eigenvalue weighted by atomic mass is 10.2. The van der Waals surface area contributed by atoms with Gasteiger partial charge in [0.25, 0.3) is 5.95 Å². The van der Waals surface area contributed by atoms with E-state index in [9.17, 15) is 9.90 Å². The van der Waals surface area contributed by atoms with Crippen molar-refractivity contribution in [3.8, 4) is 5.75 Å². The fourth-order valence-electron chi connectivity index (χ4n) is 1.61. The summed E-state index contributed by atoms with van der Waals surface area (Å²) in [7, 11) is 1.57. The number of rotatable bonds is 8. The molecule has 8 nitrogen and oxygen atoms in total. The van der Waals surface area contributed by atoms with Gasteiger partial charge in [-0.3, -0.25) is 0 Å². The highest BCUT2D eigenvalue weighted by Gasteiger charge is 2.22. The fraction of sp³-hybridized carbons (Fsp3) is 0.312. The molecule has 0 spiro atoms. The zero-order valence-electron chi connectivity index (χ0n) is 13.9. The summed E-state index contributed by atoms with van der Waals surface area (Å²) < 4.78 is 14.8. The van der Waals surface area contributed by atoms with Gasteiger partial charge in [0, 0.05) is 0 Å². The number of carbonyl (C=O) groups excluding carboxylic acids is 1. The Balaban J connectivity index is 2.97. The highest BCUT2D eigenvalue weighted by molar-refractivity contribution is 6.18. The summed E-state index contributed by atoms with van der Waals surface area (Å²) >= 11 is 0. The lowest BCUT2D eigenvalue weighted by molar-refractivity contribution is -0.138. The average Bonchev–Trinajstić information content (AvgIpc) is 2.56. The number of carbonyl (C=O) groups is 1. The maximum atomic E-state index is 11.9. The average molecular weight is 335 g/mol. The van der Waals surface area contributed by atoms with E-state index in [1.807, 2.05) is 0 Å². The first-order valence-corrected chi connectivity index (χ1v) is 7.27. The summed E-state index contributed by atoms with van der Waals surface area (Å²) in [5, 5.41) is 17.3. The van der Waals surface area contributed by atoms with Crippen LogP contribution in [0.4, 0.5) is 0 Å². The molecule has 0 amide bonds. The Bertz CT molecular complexity index is 636. The van der Waals surface area contributed by atoms with Crippen LogP contribution in [0.5, 0.6) is 5.75 Å². The second-order valence-corrected chi connectivity index (χ2v) is 4.34. The monoisotopic (exact) mass is 335 g/mol. The van der Waals surface area contributed by atoms with Crippen LogP contribution < -0.4 is 10.5 Å². The number of ether oxygens (including phenoxy) is 3. The smallest absolute Gasteiger partial charge is 0.349 e. The molecule has 0 heterocycles. The van der Waals surface area contributed by atoms with Crippen LogP contribution in [0.15, 0.2) is 46.0 Å². The van der Waals surface area contributed by atoms with E-state index in [1.54, 1.807) is 45.2 Å². The quantitative estimate of drug-likeness (QED) is 0.187. The second-order valence-electron chi connectivity index (χ2n) is 4.34. The molecular weight excluding hydrogens is 314 g/mol. The number of aliphatic hydroxyl groups is 1. The van der Waals surface area contributed by atoms with Crippen molar-refractivity contribution in [1.29, 1.82) is 0 Å². The van der Waals surface area contributed by atoms with E-state index in [2.05, 4.69) is 10.2 Å². The van der Waals surface area contributed by atoms with Crippen molar-refractivity contribution in [3.05, 3.63) is 41.3 Å². The van der Waals surface area contributed by atoms with Crippen molar-refractivity contribution in [1.82, 2.24) is 0 Å². The highest BCUT2D eigenvalue weighted by atomic mass is 16.6. The lowest BCUT2D eigenvalue weighted by Gasteiger charge is -2.08. The molecule has 0 aliphatic rings. The largest absolute Gasteiger partial charge is 0.497 e. The van der Waals surface area contributed by atoms with Crippen molar-refractivity contribution >= 4 is 18.0 Å². The van der Waals surface area contributed by atoms with Crippen molar-refractivity contribution in [2.75, 3.05) is 20.3 Å². The van der Waals surface area contributed by atoms with Crippen LogP contribution >= 0.6 is 0 Å². The Morgan fingerprint density at radius 2 is 1.83 bits per heavy atom. The minimum absolute atomic E-state index is 0.115. The van der Waals surface area contributed by atoms with Crippen molar-refractivity contribution < 1.29 is 24.1 Å². The zero-order chi connectivity index (χ0) is 17.9. The molecule has 0 atom stereocenters. The number of benzene rings is 1. The number of aliphatic hydroxyl groups excluding tert-OH is 1. The molecule has 1 aromatic rings. The van der Waals surface area contributed by atoms with Crippen LogP contribution in [0.1, 0.15) is 19.4 Å². The summed E-state index contributed by atoms with van der Waals surface area (Å²) in [4.78, 5) is 11.9. The molecule has 0 radical (unpaired) electrons. The molecular formula is C16H21N3O5. The van der Waals surface area contributed by atoms with E-state index >= 15 is 0 Å². The number of nitrogens with zero attached hydrogens (tertiary/aromatic N) is 2. The number of nitrogens with two attached hydrogens (primary N) is 1. The molecule has 0 bridgehead atoms. The van der Waals surface area contributed by atoms with E-state index in [-0.39, 0.29) is 24.6 Å². The van der Waals surface area contributed by atoms with Crippen LogP contribution in [0.2, 0.25) is 0 Å². The molecule has 0 saturated heterocycles. The first kappa shape index (κ1) is 19.0. The summed E-state index contributed by atoms with van der Waals surface area (Å²) in [5.41, 5.74) is 6.09. The van der Waals surface area contributed by atoms with Gasteiger partial charge in [-0.25, -0.2) is 4.79 Å². The number of hydrogen-bond donors (Lipinski definition) is 2. The van der Waals surface area contributed by atoms with E-state index in [0.29, 0.717) is 5.75 Å². The van der Waals surface area contributed by atoms with E-state index < -0.39 is 11.9 Å². The van der Waals surface area contributed by atoms with E-state index in [1.165, 1.54) is 6.21 Å². The molecule has 0 aliphatic heterocycles. The van der Waals surface area contributed by atoms with E-state index in [4.69, 9.17) is 19.9 Å². The fourth-order valence-corrected chi connectivity index (χ4v) is 1.61. The Morgan fingerprint density at radius 3 is 2.38 bits per heavy atom. The summed E-state index contributed by atoms with van der Waals surface area (Å²) in [6.07, 6.45) is 1.44. The van der Waals surface area contributed by atoms with Gasteiger partial charge in [0.05, 0.1) is 26.5 Å². The van der Waals surface area contributed by atoms with Gasteiger partial charge in [-0.05, 0) is 43.7 Å². The van der Waals surface area contributed by atoms with E-state index in [0.717, 1.165) is 5.56 Å². The summed E-state index contributed by atoms with van der Waals surface area (Å²) in [5.74, 6) is -1.10. The molecule has 8 heteroatoms. The lowest BCUT2D eigenvalue weighted by Crippen LogP contribution is -2.25. The van der Waals surface area contributed by atoms with Gasteiger partial charge in [0.1, 0.15) is 5.75 Å².